The van der Waals surface area contributed by atoms with Crippen molar-refractivity contribution in [2.75, 3.05) is 0 Å². The van der Waals surface area contributed by atoms with Gasteiger partial charge in [0.1, 0.15) is 0 Å². The SMILES string of the molecule is FC(F)(F)C(F)(F)C(F)(F)C(F)(F)C(F)(F)C(F)(F)C(F)(F)SSC(F)(F)C(F)(F)C(F)(F)C(F)(F)C(F)(F)C(F)(F)C(F)(F)F. The Kier molecular flexibility index (Phi) is 10.7. The van der Waals surface area contributed by atoms with Gasteiger partial charge in [0.25, 0.3) is 0 Å². The van der Waals surface area contributed by atoms with Crippen LogP contribution < -0.4 is 0 Å². The van der Waals surface area contributed by atoms with Gasteiger partial charge >= 0.3 is 82.1 Å². The lowest BCUT2D eigenvalue weighted by molar-refractivity contribution is -0.447. The van der Waals surface area contributed by atoms with E-state index in [0.717, 1.165) is 0 Å². The fourth-order valence-electron chi connectivity index (χ4n) is 2.11. The predicted octanol–water partition coefficient (Wildman–Crippen LogP) is 11.0. The second-order valence-electron chi connectivity index (χ2n) is 7.94. The normalized spacial score (nSPS) is 17.1. The Morgan fingerprint density at radius 2 is 0.304 bits per heavy atom. The summed E-state index contributed by atoms with van der Waals surface area (Å²) in [6.07, 6.45) is -16.2. The molecule has 0 rings (SSSR count). The smallest absolute Gasteiger partial charge is 0.192 e. The molecule has 0 saturated heterocycles. The van der Waals surface area contributed by atoms with Gasteiger partial charge in [-0.05, 0) is 21.6 Å². The second-order valence-corrected chi connectivity index (χ2v) is 10.3. The lowest BCUT2D eigenvalue weighted by Crippen LogP contribution is -2.72. The second kappa shape index (κ2) is 11.1. The molecular formula is C14F30S2. The van der Waals surface area contributed by atoms with Crippen molar-refractivity contribution in [2.24, 2.45) is 0 Å². The number of hydrogen-bond donors (Lipinski definition) is 0. The first-order valence-corrected chi connectivity index (χ1v) is 11.4. The van der Waals surface area contributed by atoms with Gasteiger partial charge in [0.15, 0.2) is 0 Å². The van der Waals surface area contributed by atoms with Crippen LogP contribution in [0.15, 0.2) is 0 Å². The molecule has 46 heavy (non-hydrogen) atoms. The summed E-state index contributed by atoms with van der Waals surface area (Å²) in [7, 11) is -7.46. The number of alkyl halides is 30. The van der Waals surface area contributed by atoms with E-state index in [4.69, 9.17) is 0 Å². The summed E-state index contributed by atoms with van der Waals surface area (Å²) in [5.74, 6) is -89.0. The minimum absolute atomic E-state index is 3.73. The number of hydrogen-bond acceptors (Lipinski definition) is 2. The zero-order valence-corrected chi connectivity index (χ0v) is 20.8. The van der Waals surface area contributed by atoms with E-state index in [-0.39, 0.29) is 0 Å². The maximum Gasteiger partial charge on any atom is 0.460 e. The molecule has 0 N–H and O–H groups in total. The van der Waals surface area contributed by atoms with Crippen molar-refractivity contribution >= 4 is 21.6 Å². The zero-order valence-electron chi connectivity index (χ0n) is 19.2. The van der Waals surface area contributed by atoms with E-state index >= 15 is 0 Å². The molecule has 0 aromatic rings. The topological polar surface area (TPSA) is 0 Å². The molecule has 0 spiro atoms. The van der Waals surface area contributed by atoms with Crippen molar-refractivity contribution in [3.8, 4) is 0 Å². The molecule has 0 heterocycles. The van der Waals surface area contributed by atoms with Crippen molar-refractivity contribution in [3.05, 3.63) is 0 Å². The van der Waals surface area contributed by atoms with Crippen LogP contribution in [0.5, 0.6) is 0 Å². The molecule has 0 bridgehead atoms. The largest absolute Gasteiger partial charge is 0.460 e. The minimum atomic E-state index is -9.10. The Balaban J connectivity index is 6.83. The van der Waals surface area contributed by atoms with Gasteiger partial charge in [-0.3, -0.25) is 0 Å². The van der Waals surface area contributed by atoms with E-state index in [0.29, 0.717) is 0 Å². The van der Waals surface area contributed by atoms with Gasteiger partial charge in [0.05, 0.1) is 0 Å². The van der Waals surface area contributed by atoms with Crippen LogP contribution in [0.3, 0.4) is 0 Å². The van der Waals surface area contributed by atoms with Gasteiger partial charge in [0, 0.05) is 0 Å². The molecular weight excluding hydrogens is 802 g/mol. The van der Waals surface area contributed by atoms with Crippen LogP contribution >= 0.6 is 21.6 Å². The Labute approximate surface area is 236 Å². The standard InChI is InChI=1S/C14F30S2/c15-1(16,3(19,20)7(27,28)11(35,36)37)5(23,24)9(31,32)13(41,42)45-46-14(43,44)10(33,34)6(25,26)2(17,18)4(21,22)8(29,30)12(38,39)40. The Morgan fingerprint density at radius 3 is 0.457 bits per heavy atom. The fraction of sp³-hybridized carbons (Fsp3) is 1.00. The molecule has 0 aliphatic heterocycles. The van der Waals surface area contributed by atoms with E-state index in [1.54, 1.807) is 0 Å². The molecule has 32 heteroatoms. The average Bonchev–Trinajstić information content (AvgIpc) is 2.80. The van der Waals surface area contributed by atoms with E-state index < -0.39 is 104 Å². The molecule has 0 amide bonds. The summed E-state index contributed by atoms with van der Waals surface area (Å²) in [5, 5.41) is -16.1. The van der Waals surface area contributed by atoms with E-state index in [9.17, 15) is 132 Å². The van der Waals surface area contributed by atoms with Gasteiger partial charge in [0.2, 0.25) is 0 Å². The van der Waals surface area contributed by atoms with Crippen molar-refractivity contribution in [2.45, 2.75) is 82.1 Å². The molecule has 0 aromatic carbocycles. The molecule has 278 valence electrons. The third kappa shape index (κ3) is 5.71. The summed E-state index contributed by atoms with van der Waals surface area (Å²) < 4.78 is 390. The minimum Gasteiger partial charge on any atom is -0.192 e. The van der Waals surface area contributed by atoms with Crippen LogP contribution in [0.1, 0.15) is 0 Å². The third-order valence-corrected chi connectivity index (χ3v) is 7.37. The highest BCUT2D eigenvalue weighted by Gasteiger charge is 2.95. The van der Waals surface area contributed by atoms with E-state index in [2.05, 4.69) is 0 Å². The molecule has 0 unspecified atom stereocenters. The monoisotopic (exact) mass is 802 g/mol. The highest BCUT2D eigenvalue weighted by Crippen LogP contribution is 2.69. The first kappa shape index (κ1) is 44.6. The summed E-state index contributed by atoms with van der Waals surface area (Å²) in [4.78, 5) is 0. The van der Waals surface area contributed by atoms with Crippen LogP contribution in [0.25, 0.3) is 0 Å². The zero-order chi connectivity index (χ0) is 38.4. The molecule has 0 aromatic heterocycles. The van der Waals surface area contributed by atoms with Crippen molar-refractivity contribution < 1.29 is 132 Å². The van der Waals surface area contributed by atoms with Crippen LogP contribution in [-0.4, -0.2) is 82.1 Å². The fourth-order valence-corrected chi connectivity index (χ4v) is 4.04. The Morgan fingerprint density at radius 1 is 0.174 bits per heavy atom. The highest BCUT2D eigenvalue weighted by molar-refractivity contribution is 8.77. The van der Waals surface area contributed by atoms with E-state index in [1.807, 2.05) is 0 Å². The average molecular weight is 802 g/mol. The van der Waals surface area contributed by atoms with Crippen LogP contribution in [0.2, 0.25) is 0 Å². The van der Waals surface area contributed by atoms with Crippen LogP contribution in [0.4, 0.5) is 132 Å². The number of rotatable bonds is 13. The van der Waals surface area contributed by atoms with Gasteiger partial charge < -0.3 is 0 Å². The van der Waals surface area contributed by atoms with Gasteiger partial charge in [-0.25, -0.2) is 0 Å². The number of halogens is 30. The van der Waals surface area contributed by atoms with Gasteiger partial charge in [-0.15, -0.1) is 0 Å². The van der Waals surface area contributed by atoms with Crippen molar-refractivity contribution in [1.29, 1.82) is 0 Å². The van der Waals surface area contributed by atoms with Crippen molar-refractivity contribution in [1.82, 2.24) is 0 Å². The first-order chi connectivity index (χ1) is 19.2. The lowest BCUT2D eigenvalue weighted by atomic mass is 9.94. The first-order valence-electron chi connectivity index (χ1n) is 9.24. The quantitative estimate of drug-likeness (QED) is 0.134. The maximum absolute atomic E-state index is 13.5. The van der Waals surface area contributed by atoms with Crippen LogP contribution in [-0.2, 0) is 0 Å². The summed E-state index contributed by atoms with van der Waals surface area (Å²) >= 11 is 0. The summed E-state index contributed by atoms with van der Waals surface area (Å²) in [6, 6.07) is 0. The molecule has 0 aliphatic carbocycles. The summed E-state index contributed by atoms with van der Waals surface area (Å²) in [5.41, 5.74) is 0. The predicted molar refractivity (Wildman–Crippen MR) is 86.7 cm³/mol. The Hall–Kier alpha value is -1.40. The van der Waals surface area contributed by atoms with Crippen LogP contribution in [0, 0.1) is 0 Å². The molecule has 0 atom stereocenters. The van der Waals surface area contributed by atoms with Crippen molar-refractivity contribution in [3.63, 3.8) is 0 Å². The Bertz CT molecular complexity index is 1000. The highest BCUT2D eigenvalue weighted by atomic mass is 33.1. The molecule has 0 radical (unpaired) electrons. The molecule has 0 fully saturated rings. The lowest BCUT2D eigenvalue weighted by Gasteiger charge is -2.42. The van der Waals surface area contributed by atoms with Gasteiger partial charge in [-0.2, -0.15) is 132 Å². The van der Waals surface area contributed by atoms with Gasteiger partial charge in [-0.1, -0.05) is 0 Å². The molecule has 0 aliphatic rings. The molecule has 0 saturated carbocycles. The maximum atomic E-state index is 13.5. The van der Waals surface area contributed by atoms with E-state index in [1.165, 1.54) is 0 Å². The molecule has 0 nitrogen and oxygen atoms in total. The third-order valence-electron chi connectivity index (χ3n) is 4.85. The summed E-state index contributed by atoms with van der Waals surface area (Å²) in [6.45, 7) is 0.